The van der Waals surface area contributed by atoms with Crippen molar-refractivity contribution in [3.8, 4) is 5.75 Å². The van der Waals surface area contributed by atoms with Gasteiger partial charge >= 0.3 is 5.97 Å². The third kappa shape index (κ3) is 4.86. The number of carbonyl (C=O) groups is 2. The molecule has 0 aromatic heterocycles. The first-order valence-electron chi connectivity index (χ1n) is 5.80. The quantitative estimate of drug-likeness (QED) is 0.765. The summed E-state index contributed by atoms with van der Waals surface area (Å²) in [7, 11) is 0. The van der Waals surface area contributed by atoms with Crippen molar-refractivity contribution in [1.82, 2.24) is 5.32 Å². The molecule has 2 N–H and O–H groups in total. The number of carboxylic acids is 1. The van der Waals surface area contributed by atoms with Crippen molar-refractivity contribution in [2.45, 2.75) is 13.3 Å². The lowest BCUT2D eigenvalue weighted by atomic mass is 10.1. The van der Waals surface area contributed by atoms with Crippen LogP contribution in [0.25, 0.3) is 0 Å². The van der Waals surface area contributed by atoms with Crippen molar-refractivity contribution in [2.24, 2.45) is 5.92 Å². The largest absolute Gasteiger partial charge is 0.484 e. The van der Waals surface area contributed by atoms with E-state index in [9.17, 15) is 9.59 Å². The summed E-state index contributed by atoms with van der Waals surface area (Å²) >= 11 is 0. The fraction of sp³-hybridized carbons (Fsp3) is 0.385. The first-order chi connectivity index (χ1) is 8.63. The summed E-state index contributed by atoms with van der Waals surface area (Å²) < 4.78 is 5.23. The SMILES string of the molecule is CCC(CNC(=O)COc1ccccc1)C(=O)O. The van der Waals surface area contributed by atoms with E-state index in [1.54, 1.807) is 19.1 Å². The number of aliphatic carboxylic acids is 1. The van der Waals surface area contributed by atoms with Crippen LogP contribution >= 0.6 is 0 Å². The number of rotatable bonds is 7. The standard InChI is InChI=1S/C13H17NO4/c1-2-10(13(16)17)8-14-12(15)9-18-11-6-4-3-5-7-11/h3-7,10H,2,8-9H2,1H3,(H,14,15)(H,16,17). The first-order valence-corrected chi connectivity index (χ1v) is 5.80. The Morgan fingerprint density at radius 1 is 1.33 bits per heavy atom. The van der Waals surface area contributed by atoms with Crippen molar-refractivity contribution in [1.29, 1.82) is 0 Å². The van der Waals surface area contributed by atoms with Gasteiger partial charge in [-0.25, -0.2) is 0 Å². The number of hydrogen-bond acceptors (Lipinski definition) is 3. The van der Waals surface area contributed by atoms with E-state index in [0.717, 1.165) is 0 Å². The Labute approximate surface area is 106 Å². The summed E-state index contributed by atoms with van der Waals surface area (Å²) in [5.41, 5.74) is 0. The molecule has 98 valence electrons. The van der Waals surface area contributed by atoms with Crippen molar-refractivity contribution in [3.63, 3.8) is 0 Å². The summed E-state index contributed by atoms with van der Waals surface area (Å²) in [4.78, 5) is 22.2. The van der Waals surface area contributed by atoms with Gasteiger partial charge in [-0.05, 0) is 18.6 Å². The molecule has 0 saturated heterocycles. The maximum atomic E-state index is 11.4. The third-order valence-electron chi connectivity index (χ3n) is 2.50. The smallest absolute Gasteiger partial charge is 0.308 e. The lowest BCUT2D eigenvalue weighted by molar-refractivity contribution is -0.141. The van der Waals surface area contributed by atoms with E-state index in [0.29, 0.717) is 12.2 Å². The summed E-state index contributed by atoms with van der Waals surface area (Å²) in [6.45, 7) is 1.79. The Morgan fingerprint density at radius 3 is 2.56 bits per heavy atom. The molecule has 0 saturated carbocycles. The molecule has 0 aliphatic rings. The number of benzene rings is 1. The summed E-state index contributed by atoms with van der Waals surface area (Å²) in [5.74, 6) is -1.16. The molecule has 0 aliphatic heterocycles. The molecular formula is C13H17NO4. The molecule has 0 aliphatic carbocycles. The number of nitrogens with one attached hydrogen (secondary N) is 1. The molecule has 1 aromatic carbocycles. The topological polar surface area (TPSA) is 75.6 Å². The lowest BCUT2D eigenvalue weighted by Gasteiger charge is -2.11. The number of carbonyl (C=O) groups excluding carboxylic acids is 1. The normalized spacial score (nSPS) is 11.6. The second-order valence-electron chi connectivity index (χ2n) is 3.85. The van der Waals surface area contributed by atoms with E-state index < -0.39 is 11.9 Å². The fourth-order valence-corrected chi connectivity index (χ4v) is 1.36. The van der Waals surface area contributed by atoms with Gasteiger partial charge in [-0.2, -0.15) is 0 Å². The van der Waals surface area contributed by atoms with Crippen LogP contribution in [0.2, 0.25) is 0 Å². The van der Waals surface area contributed by atoms with Crippen LogP contribution in [0.3, 0.4) is 0 Å². The van der Waals surface area contributed by atoms with Gasteiger partial charge < -0.3 is 15.2 Å². The Bertz CT molecular complexity index is 391. The Morgan fingerprint density at radius 2 is 2.00 bits per heavy atom. The predicted molar refractivity (Wildman–Crippen MR) is 66.4 cm³/mol. The molecule has 1 unspecified atom stereocenters. The van der Waals surface area contributed by atoms with Gasteiger partial charge in [-0.1, -0.05) is 25.1 Å². The van der Waals surface area contributed by atoms with Gasteiger partial charge in [0.25, 0.3) is 5.91 Å². The van der Waals surface area contributed by atoms with E-state index >= 15 is 0 Å². The molecule has 1 rings (SSSR count). The molecule has 0 spiro atoms. The maximum absolute atomic E-state index is 11.4. The average molecular weight is 251 g/mol. The van der Waals surface area contributed by atoms with Crippen molar-refractivity contribution in [2.75, 3.05) is 13.2 Å². The number of hydrogen-bond donors (Lipinski definition) is 2. The zero-order valence-electron chi connectivity index (χ0n) is 10.3. The van der Waals surface area contributed by atoms with E-state index in [1.165, 1.54) is 0 Å². The van der Waals surface area contributed by atoms with Crippen LogP contribution in [0.5, 0.6) is 5.75 Å². The molecule has 5 nitrogen and oxygen atoms in total. The minimum Gasteiger partial charge on any atom is -0.484 e. The second-order valence-corrected chi connectivity index (χ2v) is 3.85. The van der Waals surface area contributed by atoms with E-state index in [-0.39, 0.29) is 19.1 Å². The van der Waals surface area contributed by atoms with Gasteiger partial charge in [-0.15, -0.1) is 0 Å². The van der Waals surface area contributed by atoms with Crippen LogP contribution < -0.4 is 10.1 Å². The van der Waals surface area contributed by atoms with Crippen LogP contribution in [0, 0.1) is 5.92 Å². The van der Waals surface area contributed by atoms with E-state index in [2.05, 4.69) is 5.32 Å². The molecule has 18 heavy (non-hydrogen) atoms. The van der Waals surface area contributed by atoms with Gasteiger partial charge in [0.2, 0.25) is 0 Å². The Kier molecular flexibility index (Phi) is 5.70. The minimum atomic E-state index is -0.901. The Hall–Kier alpha value is -2.04. The monoisotopic (exact) mass is 251 g/mol. The fourth-order valence-electron chi connectivity index (χ4n) is 1.36. The summed E-state index contributed by atoms with van der Waals surface area (Å²) in [6.07, 6.45) is 0.481. The highest BCUT2D eigenvalue weighted by molar-refractivity contribution is 5.78. The zero-order chi connectivity index (χ0) is 13.4. The number of amides is 1. The Balaban J connectivity index is 2.28. The van der Waals surface area contributed by atoms with Crippen LogP contribution in [-0.2, 0) is 9.59 Å². The first kappa shape index (κ1) is 14.0. The molecule has 0 fully saturated rings. The van der Waals surface area contributed by atoms with Gasteiger partial charge in [0, 0.05) is 6.54 Å². The predicted octanol–water partition coefficient (Wildman–Crippen LogP) is 1.29. The van der Waals surface area contributed by atoms with Crippen LogP contribution in [0.4, 0.5) is 0 Å². The van der Waals surface area contributed by atoms with Crippen molar-refractivity contribution < 1.29 is 19.4 Å². The second kappa shape index (κ2) is 7.32. The molecule has 0 radical (unpaired) electrons. The van der Waals surface area contributed by atoms with Gasteiger partial charge in [0.05, 0.1) is 5.92 Å². The lowest BCUT2D eigenvalue weighted by Crippen LogP contribution is -2.35. The van der Waals surface area contributed by atoms with Crippen molar-refractivity contribution in [3.05, 3.63) is 30.3 Å². The maximum Gasteiger partial charge on any atom is 0.308 e. The number of ether oxygens (including phenoxy) is 1. The van der Waals surface area contributed by atoms with E-state index in [1.807, 2.05) is 18.2 Å². The minimum absolute atomic E-state index is 0.111. The van der Waals surface area contributed by atoms with Crippen molar-refractivity contribution >= 4 is 11.9 Å². The molecule has 1 aromatic rings. The van der Waals surface area contributed by atoms with E-state index in [4.69, 9.17) is 9.84 Å². The molecular weight excluding hydrogens is 234 g/mol. The van der Waals surface area contributed by atoms with Crippen LogP contribution in [-0.4, -0.2) is 30.1 Å². The van der Waals surface area contributed by atoms with Crippen LogP contribution in [0.15, 0.2) is 30.3 Å². The number of para-hydroxylation sites is 1. The highest BCUT2D eigenvalue weighted by Crippen LogP contribution is 2.07. The van der Waals surface area contributed by atoms with Gasteiger partial charge in [0.1, 0.15) is 5.75 Å². The average Bonchev–Trinajstić information content (AvgIpc) is 2.38. The zero-order valence-corrected chi connectivity index (χ0v) is 10.3. The highest BCUT2D eigenvalue weighted by atomic mass is 16.5. The molecule has 1 amide bonds. The number of carboxylic acid groups (broad SMARTS) is 1. The molecule has 5 heteroatoms. The van der Waals surface area contributed by atoms with Gasteiger partial charge in [-0.3, -0.25) is 9.59 Å². The van der Waals surface area contributed by atoms with Gasteiger partial charge in [0.15, 0.2) is 6.61 Å². The third-order valence-corrected chi connectivity index (χ3v) is 2.50. The summed E-state index contributed by atoms with van der Waals surface area (Å²) in [6, 6.07) is 8.97. The molecule has 1 atom stereocenters. The highest BCUT2D eigenvalue weighted by Gasteiger charge is 2.15. The molecule has 0 bridgehead atoms. The summed E-state index contributed by atoms with van der Waals surface area (Å²) in [5, 5.41) is 11.4. The van der Waals surface area contributed by atoms with Crippen LogP contribution in [0.1, 0.15) is 13.3 Å². The molecule has 0 heterocycles.